The Morgan fingerprint density at radius 2 is 1.83 bits per heavy atom. The maximum atomic E-state index is 8.74. The van der Waals surface area contributed by atoms with Gasteiger partial charge >= 0.3 is 0 Å². The standard InChI is InChI=1S/C19H24ClNO2.ClH/c20-19-10-3-2-8-17(19)15-23-18-9-6-7-16(13-18)14-21-11-4-1-5-12-22;/h2-3,6-10,13,21-22H,1,4-5,11-12,14-15H2;1H. The molecule has 24 heavy (non-hydrogen) atoms. The predicted molar refractivity (Wildman–Crippen MR) is 102 cm³/mol. The zero-order valence-electron chi connectivity index (χ0n) is 13.7. The molecule has 2 aromatic rings. The average molecular weight is 370 g/mol. The summed E-state index contributed by atoms with van der Waals surface area (Å²) in [4.78, 5) is 0. The molecule has 2 aromatic carbocycles. The fourth-order valence-electron chi connectivity index (χ4n) is 2.29. The number of rotatable bonds is 10. The zero-order valence-corrected chi connectivity index (χ0v) is 15.3. The molecule has 0 saturated carbocycles. The van der Waals surface area contributed by atoms with Gasteiger partial charge < -0.3 is 15.2 Å². The summed E-state index contributed by atoms with van der Waals surface area (Å²) in [5.74, 6) is 0.851. The van der Waals surface area contributed by atoms with Crippen LogP contribution in [0.5, 0.6) is 5.75 Å². The second-order valence-corrected chi connectivity index (χ2v) is 5.90. The van der Waals surface area contributed by atoms with Crippen molar-refractivity contribution in [1.29, 1.82) is 0 Å². The van der Waals surface area contributed by atoms with Crippen LogP contribution in [-0.4, -0.2) is 18.3 Å². The highest BCUT2D eigenvalue weighted by Gasteiger charge is 2.01. The highest BCUT2D eigenvalue weighted by molar-refractivity contribution is 6.31. The number of ether oxygens (including phenoxy) is 1. The molecule has 2 rings (SSSR count). The van der Waals surface area contributed by atoms with Crippen LogP contribution in [0.15, 0.2) is 48.5 Å². The molecule has 0 heterocycles. The van der Waals surface area contributed by atoms with Gasteiger partial charge in [-0.3, -0.25) is 0 Å². The van der Waals surface area contributed by atoms with Gasteiger partial charge in [-0.2, -0.15) is 0 Å². The lowest BCUT2D eigenvalue weighted by Crippen LogP contribution is -2.14. The molecule has 0 radical (unpaired) electrons. The van der Waals surface area contributed by atoms with Gasteiger partial charge in [0, 0.05) is 23.7 Å². The Kier molecular flexibility index (Phi) is 10.5. The largest absolute Gasteiger partial charge is 0.489 e. The number of hydrogen-bond acceptors (Lipinski definition) is 3. The SMILES string of the molecule is Cl.OCCCCCNCc1cccc(OCc2ccccc2Cl)c1. The first-order valence-electron chi connectivity index (χ1n) is 8.06. The third-order valence-corrected chi connectivity index (χ3v) is 3.96. The van der Waals surface area contributed by atoms with Crippen molar-refractivity contribution in [2.24, 2.45) is 0 Å². The molecule has 5 heteroatoms. The molecular formula is C19H25Cl2NO2. The molecule has 0 aliphatic heterocycles. The summed E-state index contributed by atoms with van der Waals surface area (Å²) in [5.41, 5.74) is 2.19. The van der Waals surface area contributed by atoms with E-state index in [0.717, 1.165) is 48.7 Å². The van der Waals surface area contributed by atoms with Gasteiger partial charge in [0.1, 0.15) is 12.4 Å². The third kappa shape index (κ3) is 7.54. The first kappa shape index (κ1) is 20.8. The molecule has 0 bridgehead atoms. The van der Waals surface area contributed by atoms with E-state index in [0.29, 0.717) is 6.61 Å². The number of benzene rings is 2. The fraction of sp³-hybridized carbons (Fsp3) is 0.368. The van der Waals surface area contributed by atoms with Gasteiger partial charge in [-0.25, -0.2) is 0 Å². The lowest BCUT2D eigenvalue weighted by atomic mass is 10.2. The van der Waals surface area contributed by atoms with Crippen LogP contribution in [0.25, 0.3) is 0 Å². The van der Waals surface area contributed by atoms with Gasteiger partial charge in [-0.15, -0.1) is 12.4 Å². The van der Waals surface area contributed by atoms with Gasteiger partial charge in [-0.1, -0.05) is 41.9 Å². The van der Waals surface area contributed by atoms with Crippen LogP contribution < -0.4 is 10.1 Å². The third-order valence-electron chi connectivity index (χ3n) is 3.59. The summed E-state index contributed by atoms with van der Waals surface area (Å²) in [6.07, 6.45) is 3.03. The summed E-state index contributed by atoms with van der Waals surface area (Å²) in [7, 11) is 0. The Hall–Kier alpha value is -1.26. The van der Waals surface area contributed by atoms with Crippen LogP contribution in [0.2, 0.25) is 5.02 Å². The van der Waals surface area contributed by atoms with Crippen molar-refractivity contribution < 1.29 is 9.84 Å². The topological polar surface area (TPSA) is 41.5 Å². The van der Waals surface area contributed by atoms with Gasteiger partial charge in [0.15, 0.2) is 0 Å². The van der Waals surface area contributed by atoms with Crippen LogP contribution >= 0.6 is 24.0 Å². The lowest BCUT2D eigenvalue weighted by Gasteiger charge is -2.10. The lowest BCUT2D eigenvalue weighted by molar-refractivity contribution is 0.283. The molecule has 0 amide bonds. The molecule has 3 nitrogen and oxygen atoms in total. The number of aliphatic hydroxyl groups is 1. The van der Waals surface area contributed by atoms with Crippen molar-refractivity contribution in [2.45, 2.75) is 32.4 Å². The smallest absolute Gasteiger partial charge is 0.120 e. The van der Waals surface area contributed by atoms with E-state index in [2.05, 4.69) is 17.4 Å². The minimum atomic E-state index is 0. The van der Waals surface area contributed by atoms with Crippen LogP contribution in [0, 0.1) is 0 Å². The van der Waals surface area contributed by atoms with E-state index in [1.165, 1.54) is 5.56 Å². The van der Waals surface area contributed by atoms with Crippen molar-refractivity contribution >= 4 is 24.0 Å². The van der Waals surface area contributed by atoms with E-state index in [4.69, 9.17) is 21.4 Å². The van der Waals surface area contributed by atoms with Crippen LogP contribution in [0.1, 0.15) is 30.4 Å². The molecular weight excluding hydrogens is 345 g/mol. The highest BCUT2D eigenvalue weighted by Crippen LogP contribution is 2.19. The summed E-state index contributed by atoms with van der Waals surface area (Å²) >= 11 is 6.14. The van der Waals surface area contributed by atoms with E-state index in [1.54, 1.807) is 0 Å². The molecule has 0 fully saturated rings. The summed E-state index contributed by atoms with van der Waals surface area (Å²) in [6, 6.07) is 15.8. The number of halogens is 2. The monoisotopic (exact) mass is 369 g/mol. The maximum Gasteiger partial charge on any atom is 0.120 e. The first-order chi connectivity index (χ1) is 11.3. The Morgan fingerprint density at radius 1 is 1.00 bits per heavy atom. The van der Waals surface area contributed by atoms with E-state index >= 15 is 0 Å². The van der Waals surface area contributed by atoms with Gasteiger partial charge in [0.2, 0.25) is 0 Å². The van der Waals surface area contributed by atoms with Crippen LogP contribution in [0.3, 0.4) is 0 Å². The van der Waals surface area contributed by atoms with Crippen molar-refractivity contribution in [1.82, 2.24) is 5.32 Å². The number of aliphatic hydroxyl groups excluding tert-OH is 1. The zero-order chi connectivity index (χ0) is 16.3. The van der Waals surface area contributed by atoms with Crippen LogP contribution in [0.4, 0.5) is 0 Å². The minimum absolute atomic E-state index is 0. The molecule has 0 atom stereocenters. The van der Waals surface area contributed by atoms with Crippen molar-refractivity contribution in [3.05, 3.63) is 64.7 Å². The Labute approximate surface area is 155 Å². The van der Waals surface area contributed by atoms with Gasteiger partial charge in [0.05, 0.1) is 0 Å². The van der Waals surface area contributed by atoms with Gasteiger partial charge in [-0.05, 0) is 49.6 Å². The second kappa shape index (κ2) is 12.2. The fourth-order valence-corrected chi connectivity index (χ4v) is 2.48. The van der Waals surface area contributed by atoms with Crippen molar-refractivity contribution in [2.75, 3.05) is 13.2 Å². The van der Waals surface area contributed by atoms with Crippen molar-refractivity contribution in [3.63, 3.8) is 0 Å². The quantitative estimate of drug-likeness (QED) is 0.601. The first-order valence-corrected chi connectivity index (χ1v) is 8.44. The normalized spacial score (nSPS) is 10.2. The predicted octanol–water partition coefficient (Wildman–Crippen LogP) is 4.59. The molecule has 0 unspecified atom stereocenters. The number of hydrogen-bond donors (Lipinski definition) is 2. The van der Waals surface area contributed by atoms with E-state index < -0.39 is 0 Å². The molecule has 2 N–H and O–H groups in total. The molecule has 0 saturated heterocycles. The summed E-state index contributed by atoms with van der Waals surface area (Å²) in [5, 5.41) is 12.9. The highest BCUT2D eigenvalue weighted by atomic mass is 35.5. The molecule has 0 aliphatic carbocycles. The molecule has 0 aromatic heterocycles. The molecule has 0 spiro atoms. The number of nitrogens with one attached hydrogen (secondary N) is 1. The Bertz CT molecular complexity index is 593. The molecule has 132 valence electrons. The Balaban J connectivity index is 0.00000288. The molecule has 0 aliphatic rings. The van der Waals surface area contributed by atoms with Gasteiger partial charge in [0.25, 0.3) is 0 Å². The number of unbranched alkanes of at least 4 members (excludes halogenated alkanes) is 2. The van der Waals surface area contributed by atoms with Crippen LogP contribution in [-0.2, 0) is 13.2 Å². The summed E-state index contributed by atoms with van der Waals surface area (Å²) in [6.45, 7) is 2.54. The van der Waals surface area contributed by atoms with E-state index in [-0.39, 0.29) is 19.0 Å². The Morgan fingerprint density at radius 3 is 2.62 bits per heavy atom. The van der Waals surface area contributed by atoms with Crippen molar-refractivity contribution in [3.8, 4) is 5.75 Å². The minimum Gasteiger partial charge on any atom is -0.489 e. The van der Waals surface area contributed by atoms with E-state index in [1.807, 2.05) is 36.4 Å². The maximum absolute atomic E-state index is 8.74. The summed E-state index contributed by atoms with van der Waals surface area (Å²) < 4.78 is 5.83. The van der Waals surface area contributed by atoms with E-state index in [9.17, 15) is 0 Å². The second-order valence-electron chi connectivity index (χ2n) is 5.49. The average Bonchev–Trinajstić information content (AvgIpc) is 2.58.